The van der Waals surface area contributed by atoms with E-state index in [-0.39, 0.29) is 11.8 Å². The molecule has 0 aliphatic carbocycles. The third-order valence-electron chi connectivity index (χ3n) is 3.66. The van der Waals surface area contributed by atoms with Crippen LogP contribution in [0.3, 0.4) is 0 Å². The number of hydrogen-bond donors (Lipinski definition) is 2. The maximum absolute atomic E-state index is 12.1. The maximum Gasteiger partial charge on any atom is 0.224 e. The number of nitrogens with one attached hydrogen (secondary N) is 2. The lowest BCUT2D eigenvalue weighted by Crippen LogP contribution is -2.40. The van der Waals surface area contributed by atoms with Crippen molar-refractivity contribution in [3.05, 3.63) is 23.8 Å². The number of amides is 1. The van der Waals surface area contributed by atoms with E-state index in [4.69, 9.17) is 9.47 Å². The van der Waals surface area contributed by atoms with Crippen LogP contribution in [0.5, 0.6) is 11.5 Å². The van der Waals surface area contributed by atoms with Crippen molar-refractivity contribution in [3.8, 4) is 11.5 Å². The molecule has 5 nitrogen and oxygen atoms in total. The number of rotatable bonds is 6. The summed E-state index contributed by atoms with van der Waals surface area (Å²) in [6.45, 7) is 4.82. The third-order valence-corrected chi connectivity index (χ3v) is 3.66. The molecule has 2 N–H and O–H groups in total. The molecule has 1 aliphatic heterocycles. The Labute approximate surface area is 126 Å². The van der Waals surface area contributed by atoms with Crippen LogP contribution in [0.25, 0.3) is 0 Å². The van der Waals surface area contributed by atoms with E-state index in [9.17, 15) is 4.79 Å². The Morgan fingerprint density at radius 3 is 2.95 bits per heavy atom. The second-order valence-corrected chi connectivity index (χ2v) is 5.18. The minimum atomic E-state index is 0.0864. The first-order valence-electron chi connectivity index (χ1n) is 7.52. The second kappa shape index (κ2) is 7.88. The van der Waals surface area contributed by atoms with Crippen LogP contribution in [0.15, 0.2) is 18.2 Å². The minimum Gasteiger partial charge on any atom is -0.493 e. The van der Waals surface area contributed by atoms with E-state index in [1.165, 1.54) is 0 Å². The average molecular weight is 292 g/mol. The molecule has 0 bridgehead atoms. The lowest BCUT2D eigenvalue weighted by Gasteiger charge is -2.22. The Bertz CT molecular complexity index is 471. The number of carbonyl (C=O) groups is 1. The number of methoxy groups -OCH3 is 1. The predicted molar refractivity (Wildman–Crippen MR) is 81.6 cm³/mol. The summed E-state index contributed by atoms with van der Waals surface area (Å²) in [6, 6.07) is 5.73. The van der Waals surface area contributed by atoms with Crippen LogP contribution in [0, 0.1) is 5.92 Å². The van der Waals surface area contributed by atoms with Gasteiger partial charge in [-0.1, -0.05) is 6.07 Å². The van der Waals surface area contributed by atoms with Crippen molar-refractivity contribution in [3.63, 3.8) is 0 Å². The third kappa shape index (κ3) is 4.36. The van der Waals surface area contributed by atoms with Gasteiger partial charge in [0.15, 0.2) is 11.5 Å². The number of ether oxygens (including phenoxy) is 2. The summed E-state index contributed by atoms with van der Waals surface area (Å²) in [6.07, 6.45) is 2.03. The Kier molecular flexibility index (Phi) is 5.87. The molecule has 0 aromatic heterocycles. The molecule has 2 rings (SSSR count). The summed E-state index contributed by atoms with van der Waals surface area (Å²) in [7, 11) is 1.62. The molecule has 1 aromatic rings. The summed E-state index contributed by atoms with van der Waals surface area (Å²) < 4.78 is 10.8. The number of benzene rings is 1. The normalized spacial score (nSPS) is 18.1. The monoisotopic (exact) mass is 292 g/mol. The van der Waals surface area contributed by atoms with Crippen LogP contribution in [0.4, 0.5) is 0 Å². The van der Waals surface area contributed by atoms with E-state index >= 15 is 0 Å². The fourth-order valence-electron chi connectivity index (χ4n) is 2.51. The quantitative estimate of drug-likeness (QED) is 0.838. The first-order valence-corrected chi connectivity index (χ1v) is 7.52. The lowest BCUT2D eigenvalue weighted by molar-refractivity contribution is -0.125. The standard InChI is InChI=1S/C16H24N2O3/c1-3-21-15-9-12(6-7-14(15)20-2)10-18-16(19)13-5-4-8-17-11-13/h6-7,9,13,17H,3-5,8,10-11H2,1-2H3,(H,18,19). The van der Waals surface area contributed by atoms with Gasteiger partial charge in [-0.2, -0.15) is 0 Å². The van der Waals surface area contributed by atoms with Crippen LogP contribution in [0.1, 0.15) is 25.3 Å². The van der Waals surface area contributed by atoms with Gasteiger partial charge in [0.1, 0.15) is 0 Å². The molecule has 21 heavy (non-hydrogen) atoms. The van der Waals surface area contributed by atoms with Gasteiger partial charge >= 0.3 is 0 Å². The molecule has 116 valence electrons. The summed E-state index contributed by atoms with van der Waals surface area (Å²) >= 11 is 0. The highest BCUT2D eigenvalue weighted by molar-refractivity contribution is 5.79. The molecule has 1 fully saturated rings. The van der Waals surface area contributed by atoms with Gasteiger partial charge in [0.05, 0.1) is 19.6 Å². The van der Waals surface area contributed by atoms with Crippen LogP contribution in [-0.4, -0.2) is 32.7 Å². The number of hydrogen-bond acceptors (Lipinski definition) is 4. The van der Waals surface area contributed by atoms with Crippen LogP contribution >= 0.6 is 0 Å². The highest BCUT2D eigenvalue weighted by Crippen LogP contribution is 2.28. The Morgan fingerprint density at radius 1 is 1.43 bits per heavy atom. The van der Waals surface area contributed by atoms with Gasteiger partial charge in [-0.15, -0.1) is 0 Å². The van der Waals surface area contributed by atoms with Crippen molar-refractivity contribution < 1.29 is 14.3 Å². The summed E-state index contributed by atoms with van der Waals surface area (Å²) in [5.74, 6) is 1.63. The molecule has 1 aromatic carbocycles. The molecule has 1 amide bonds. The van der Waals surface area contributed by atoms with E-state index < -0.39 is 0 Å². The first kappa shape index (κ1) is 15.6. The smallest absolute Gasteiger partial charge is 0.224 e. The van der Waals surface area contributed by atoms with Gasteiger partial charge in [-0.3, -0.25) is 4.79 Å². The van der Waals surface area contributed by atoms with Crippen molar-refractivity contribution in [1.29, 1.82) is 0 Å². The molecule has 1 unspecified atom stereocenters. The number of piperidine rings is 1. The molecular weight excluding hydrogens is 268 g/mol. The zero-order chi connectivity index (χ0) is 15.1. The average Bonchev–Trinajstić information content (AvgIpc) is 2.54. The molecule has 1 atom stereocenters. The van der Waals surface area contributed by atoms with Crippen LogP contribution in [-0.2, 0) is 11.3 Å². The predicted octanol–water partition coefficient (Wildman–Crippen LogP) is 1.71. The summed E-state index contributed by atoms with van der Waals surface area (Å²) in [4.78, 5) is 12.1. The Balaban J connectivity index is 1.92. The maximum atomic E-state index is 12.1. The fraction of sp³-hybridized carbons (Fsp3) is 0.562. The Hall–Kier alpha value is -1.75. The van der Waals surface area contributed by atoms with Crippen molar-refractivity contribution in [2.45, 2.75) is 26.3 Å². The fourth-order valence-corrected chi connectivity index (χ4v) is 2.51. The first-order chi connectivity index (χ1) is 10.2. The van der Waals surface area contributed by atoms with Crippen LogP contribution in [0.2, 0.25) is 0 Å². The van der Waals surface area contributed by atoms with Crippen molar-refractivity contribution in [2.75, 3.05) is 26.8 Å². The van der Waals surface area contributed by atoms with E-state index in [0.717, 1.165) is 31.5 Å². The van der Waals surface area contributed by atoms with Crippen LogP contribution < -0.4 is 20.1 Å². The van der Waals surface area contributed by atoms with Crippen molar-refractivity contribution in [2.24, 2.45) is 5.92 Å². The molecule has 1 aliphatic rings. The van der Waals surface area contributed by atoms with Crippen molar-refractivity contribution >= 4 is 5.91 Å². The number of carbonyl (C=O) groups excluding carboxylic acids is 1. The SMILES string of the molecule is CCOc1cc(CNC(=O)C2CCCNC2)ccc1OC. The molecule has 0 radical (unpaired) electrons. The van der Waals surface area contributed by atoms with Gasteiger partial charge in [0.25, 0.3) is 0 Å². The van der Waals surface area contributed by atoms with Gasteiger partial charge in [-0.05, 0) is 44.0 Å². The largest absolute Gasteiger partial charge is 0.493 e. The molecule has 1 heterocycles. The summed E-state index contributed by atoms with van der Waals surface area (Å²) in [5, 5.41) is 6.26. The topological polar surface area (TPSA) is 59.6 Å². The lowest BCUT2D eigenvalue weighted by atomic mass is 9.99. The van der Waals surface area contributed by atoms with Gasteiger partial charge < -0.3 is 20.1 Å². The van der Waals surface area contributed by atoms with Gasteiger partial charge in [0.2, 0.25) is 5.91 Å². The van der Waals surface area contributed by atoms with Crippen molar-refractivity contribution in [1.82, 2.24) is 10.6 Å². The second-order valence-electron chi connectivity index (χ2n) is 5.18. The zero-order valence-corrected chi connectivity index (χ0v) is 12.8. The summed E-state index contributed by atoms with van der Waals surface area (Å²) in [5.41, 5.74) is 1.01. The van der Waals surface area contributed by atoms with Gasteiger partial charge in [-0.25, -0.2) is 0 Å². The van der Waals surface area contributed by atoms with E-state index in [2.05, 4.69) is 10.6 Å². The van der Waals surface area contributed by atoms with E-state index in [1.54, 1.807) is 7.11 Å². The molecule has 1 saturated heterocycles. The molecule has 0 spiro atoms. The highest BCUT2D eigenvalue weighted by Gasteiger charge is 2.20. The molecule has 5 heteroatoms. The minimum absolute atomic E-state index is 0.0864. The van der Waals surface area contributed by atoms with E-state index in [0.29, 0.717) is 24.7 Å². The van der Waals surface area contributed by atoms with Gasteiger partial charge in [0, 0.05) is 13.1 Å². The highest BCUT2D eigenvalue weighted by atomic mass is 16.5. The van der Waals surface area contributed by atoms with E-state index in [1.807, 2.05) is 25.1 Å². The Morgan fingerprint density at radius 2 is 2.29 bits per heavy atom. The molecule has 0 saturated carbocycles. The zero-order valence-electron chi connectivity index (χ0n) is 12.8. The molecular formula is C16H24N2O3.